The van der Waals surface area contributed by atoms with E-state index < -0.39 is 21.3 Å². The first kappa shape index (κ1) is 35.0. The second-order valence-corrected chi connectivity index (χ2v) is 20.8. The second-order valence-electron chi connectivity index (χ2n) is 15.1. The molecule has 0 spiro atoms. The topological polar surface area (TPSA) is 0 Å². The Morgan fingerprint density at radius 1 is 0.762 bits per heavy atom. The van der Waals surface area contributed by atoms with Crippen LogP contribution in [-0.2, 0) is 44.9 Å². The molecule has 1 unspecified atom stereocenters. The summed E-state index contributed by atoms with van der Waals surface area (Å²) in [5.74, 6) is 0.510. The van der Waals surface area contributed by atoms with E-state index in [-0.39, 0.29) is 41.1 Å². The molecular weight excluding hydrogens is 631 g/mol. The monoisotopic (exact) mass is 676 g/mol. The quantitative estimate of drug-likeness (QED) is 0.310. The zero-order valence-corrected chi connectivity index (χ0v) is 31.2. The minimum absolute atomic E-state index is 0. The van der Waals surface area contributed by atoms with E-state index in [9.17, 15) is 0 Å². The van der Waals surface area contributed by atoms with Crippen LogP contribution >= 0.6 is 0 Å². The van der Waals surface area contributed by atoms with Crippen molar-refractivity contribution in [2.75, 3.05) is 0 Å². The van der Waals surface area contributed by atoms with Crippen molar-refractivity contribution in [3.63, 3.8) is 0 Å². The largest absolute Gasteiger partial charge is 1.00 e. The van der Waals surface area contributed by atoms with Gasteiger partial charge in [-0.3, -0.25) is 0 Å². The fourth-order valence-electron chi connectivity index (χ4n) is 6.37. The molecule has 0 bridgehead atoms. The number of halogens is 2. The van der Waals surface area contributed by atoms with Crippen molar-refractivity contribution in [2.45, 2.75) is 92.9 Å². The van der Waals surface area contributed by atoms with Crippen LogP contribution in [-0.4, -0.2) is 3.71 Å². The molecule has 5 rings (SSSR count). The van der Waals surface area contributed by atoms with E-state index in [4.69, 9.17) is 0 Å². The third-order valence-electron chi connectivity index (χ3n) is 8.81. The molecule has 3 aromatic rings. The number of benzene rings is 3. The third kappa shape index (κ3) is 7.06. The van der Waals surface area contributed by atoms with Gasteiger partial charge in [-0.25, -0.2) is 0 Å². The zero-order chi connectivity index (χ0) is 29.0. The molecule has 222 valence electrons. The maximum Gasteiger partial charge on any atom is -1.00 e. The van der Waals surface area contributed by atoms with Crippen LogP contribution in [0.25, 0.3) is 11.1 Å². The van der Waals surface area contributed by atoms with Gasteiger partial charge in [0, 0.05) is 0 Å². The van der Waals surface area contributed by atoms with E-state index in [1.165, 1.54) is 33.4 Å². The van der Waals surface area contributed by atoms with E-state index in [2.05, 4.69) is 146 Å². The first-order valence-corrected chi connectivity index (χ1v) is 19.0. The Labute approximate surface area is 276 Å². The van der Waals surface area contributed by atoms with E-state index in [1.807, 2.05) is 0 Å². The first-order chi connectivity index (χ1) is 18.6. The van der Waals surface area contributed by atoms with Gasteiger partial charge in [0.25, 0.3) is 0 Å². The normalized spacial score (nSPS) is 16.2. The van der Waals surface area contributed by atoms with Crippen molar-refractivity contribution < 1.29 is 46.1 Å². The van der Waals surface area contributed by atoms with Crippen LogP contribution in [0.1, 0.15) is 97.1 Å². The fourth-order valence-corrected chi connectivity index (χ4v) is 14.6. The minimum Gasteiger partial charge on any atom is -1.00 e. The summed E-state index contributed by atoms with van der Waals surface area (Å²) in [5, 5.41) is 0. The molecule has 0 fully saturated rings. The maximum atomic E-state index is 2.81. The molecule has 0 heterocycles. The van der Waals surface area contributed by atoms with Crippen LogP contribution in [0, 0.1) is 11.3 Å². The summed E-state index contributed by atoms with van der Waals surface area (Å²) >= 11 is -2.46. The van der Waals surface area contributed by atoms with E-state index in [1.54, 1.807) is 17.7 Å². The average Bonchev–Trinajstić information content (AvgIpc) is 3.44. The van der Waals surface area contributed by atoms with Gasteiger partial charge >= 0.3 is 253 Å². The molecule has 0 N–H and O–H groups in total. The molecule has 3 aromatic carbocycles. The van der Waals surface area contributed by atoms with Crippen LogP contribution in [0.5, 0.6) is 0 Å². The minimum atomic E-state index is -2.46. The molecule has 0 nitrogen and oxygen atoms in total. The third-order valence-corrected chi connectivity index (χ3v) is 16.0. The molecule has 3 heteroatoms. The van der Waals surface area contributed by atoms with Crippen LogP contribution in [0.3, 0.4) is 0 Å². The summed E-state index contributed by atoms with van der Waals surface area (Å²) in [6, 6.07) is 23.3. The van der Waals surface area contributed by atoms with Crippen LogP contribution < -0.4 is 28.1 Å². The van der Waals surface area contributed by atoms with Gasteiger partial charge < -0.3 is 24.8 Å². The van der Waals surface area contributed by atoms with Crippen molar-refractivity contribution in [1.29, 1.82) is 0 Å². The van der Waals surface area contributed by atoms with Gasteiger partial charge in [0.15, 0.2) is 0 Å². The number of rotatable bonds is 4. The Balaban J connectivity index is 0.00000242. The Hall–Kier alpha value is -1.53. The summed E-state index contributed by atoms with van der Waals surface area (Å²) in [6.07, 6.45) is 7.32. The molecule has 2 aliphatic carbocycles. The van der Waals surface area contributed by atoms with Crippen LogP contribution in [0.4, 0.5) is 0 Å². The number of hydrogen-bond acceptors (Lipinski definition) is 0. The van der Waals surface area contributed by atoms with Gasteiger partial charge in [-0.2, -0.15) is 0 Å². The maximum absolute atomic E-state index is 2.81. The SMILES string of the molecule is CC1C=C(C(C)(C)C)C=[C]1[Zr+2](=[CH]Cc1ccccc1)[c]1c(C(C)(C)C)ccc2c1Cc1cc(C(C)(C)C)ccc1-2.[Cl-].[Cl-]. The summed E-state index contributed by atoms with van der Waals surface area (Å²) in [7, 11) is 0. The molecule has 0 aliphatic heterocycles. The van der Waals surface area contributed by atoms with E-state index in [0.29, 0.717) is 5.92 Å². The molecule has 2 aliphatic rings. The van der Waals surface area contributed by atoms with Gasteiger partial charge in [-0.05, 0) is 0 Å². The van der Waals surface area contributed by atoms with Gasteiger partial charge in [-0.15, -0.1) is 0 Å². The molecule has 42 heavy (non-hydrogen) atoms. The molecule has 0 aromatic heterocycles. The van der Waals surface area contributed by atoms with Gasteiger partial charge in [0.1, 0.15) is 0 Å². The van der Waals surface area contributed by atoms with Crippen molar-refractivity contribution >= 4 is 6.98 Å². The summed E-state index contributed by atoms with van der Waals surface area (Å²) in [5.41, 5.74) is 12.5. The smallest absolute Gasteiger partial charge is 1.00 e. The number of fused-ring (bicyclic) bond motifs is 3. The predicted molar refractivity (Wildman–Crippen MR) is 173 cm³/mol. The van der Waals surface area contributed by atoms with E-state index >= 15 is 0 Å². The second kappa shape index (κ2) is 12.8. The summed E-state index contributed by atoms with van der Waals surface area (Å²) in [4.78, 5) is 0. The molecule has 0 radical (unpaired) electrons. The summed E-state index contributed by atoms with van der Waals surface area (Å²) in [6.45, 7) is 23.8. The Kier molecular flexibility index (Phi) is 10.7. The first-order valence-electron chi connectivity index (χ1n) is 15.1. The predicted octanol–water partition coefficient (Wildman–Crippen LogP) is 3.66. The Morgan fingerprint density at radius 3 is 1.98 bits per heavy atom. The van der Waals surface area contributed by atoms with Crippen LogP contribution in [0.2, 0.25) is 0 Å². The molecule has 0 saturated heterocycles. The zero-order valence-electron chi connectivity index (χ0n) is 27.3. The van der Waals surface area contributed by atoms with Crippen LogP contribution in [0.15, 0.2) is 81.7 Å². The van der Waals surface area contributed by atoms with Crippen molar-refractivity contribution in [2.24, 2.45) is 11.3 Å². The Morgan fingerprint density at radius 2 is 1.40 bits per heavy atom. The van der Waals surface area contributed by atoms with Gasteiger partial charge in [0.05, 0.1) is 0 Å². The van der Waals surface area contributed by atoms with Gasteiger partial charge in [0.2, 0.25) is 0 Å². The standard InChI is InChI=1S/C21H25.C10H15.C8H8.2ClH.Zr/c1-20(2,3)16-7-9-18-14(12-16)11-15-13-17(21(4,5)6)8-10-19(15)18;1-8-5-6-9(7-8)10(2,3)4;1-2-8-6-4-3-5-7-8;;;/h7-10,12H,11H2,1-6H3;6-8H,1-4H3;1,3-7H,2H2;2*1H;/q;;;;;+2/p-2. The Bertz CT molecular complexity index is 1530. The number of allylic oxidation sites excluding steroid dienone is 4. The van der Waals surface area contributed by atoms with Crippen molar-refractivity contribution in [3.05, 3.63) is 109 Å². The van der Waals surface area contributed by atoms with Crippen molar-refractivity contribution in [3.8, 4) is 11.1 Å². The fraction of sp³-hybridized carbons (Fsp3) is 0.410. The molecule has 1 atom stereocenters. The molecular formula is C39H48Cl2Zr. The number of hydrogen-bond donors (Lipinski definition) is 0. The molecule has 0 amide bonds. The van der Waals surface area contributed by atoms with Gasteiger partial charge in [-0.1, -0.05) is 0 Å². The van der Waals surface area contributed by atoms with Crippen molar-refractivity contribution in [1.82, 2.24) is 0 Å². The van der Waals surface area contributed by atoms with E-state index in [0.717, 1.165) is 12.8 Å². The molecule has 0 saturated carbocycles. The average molecular weight is 679 g/mol. The summed E-state index contributed by atoms with van der Waals surface area (Å²) < 4.78 is 6.31.